The molecule has 2 N–H and O–H groups in total. The van der Waals surface area contributed by atoms with Gasteiger partial charge >= 0.3 is 0 Å². The third-order valence-electron chi connectivity index (χ3n) is 5.23. The summed E-state index contributed by atoms with van der Waals surface area (Å²) in [6.07, 6.45) is 1.77. The van der Waals surface area contributed by atoms with E-state index < -0.39 is 0 Å². The first-order valence-electron chi connectivity index (χ1n) is 10.0. The average Bonchev–Trinajstić information content (AvgIpc) is 3.55. The molecule has 0 spiro atoms. The van der Waals surface area contributed by atoms with Crippen LogP contribution in [0.5, 0.6) is 0 Å². The van der Waals surface area contributed by atoms with Gasteiger partial charge in [-0.05, 0) is 35.7 Å². The van der Waals surface area contributed by atoms with Crippen LogP contribution in [0.15, 0.2) is 77.8 Å². The van der Waals surface area contributed by atoms with Crippen molar-refractivity contribution in [3.63, 3.8) is 0 Å². The fourth-order valence-corrected chi connectivity index (χ4v) is 4.27. The lowest BCUT2D eigenvalue weighted by Gasteiger charge is -2.10. The molecule has 4 aromatic heterocycles. The number of benzene rings is 2. The van der Waals surface area contributed by atoms with Crippen molar-refractivity contribution in [2.24, 2.45) is 7.05 Å². The van der Waals surface area contributed by atoms with Crippen LogP contribution in [0.4, 0.5) is 23.4 Å². The third kappa shape index (κ3) is 3.15. The second-order valence-corrected chi connectivity index (χ2v) is 8.04. The molecule has 4 heterocycles. The van der Waals surface area contributed by atoms with Gasteiger partial charge in [-0.1, -0.05) is 30.3 Å². The minimum absolute atomic E-state index is 0.436. The van der Waals surface area contributed by atoms with Crippen molar-refractivity contribution in [3.8, 4) is 5.69 Å². The largest absolute Gasteiger partial charge is 0.338 e. The van der Waals surface area contributed by atoms with E-state index in [9.17, 15) is 0 Å². The molecule has 9 heteroatoms. The number of para-hydroxylation sites is 3. The molecule has 6 rings (SSSR count). The van der Waals surface area contributed by atoms with Crippen molar-refractivity contribution < 1.29 is 0 Å². The number of imidazole rings is 2. The van der Waals surface area contributed by atoms with E-state index in [2.05, 4.69) is 21.0 Å². The number of fused-ring (bicyclic) bond motifs is 2. The summed E-state index contributed by atoms with van der Waals surface area (Å²) in [7, 11) is 1.97. The highest BCUT2D eigenvalue weighted by Gasteiger charge is 2.17. The Kier molecular flexibility index (Phi) is 4.32. The molecule has 0 saturated carbocycles. The van der Waals surface area contributed by atoms with Crippen molar-refractivity contribution in [1.29, 1.82) is 0 Å². The van der Waals surface area contributed by atoms with Crippen LogP contribution in [-0.2, 0) is 7.05 Å². The molecule has 0 aliphatic heterocycles. The van der Waals surface area contributed by atoms with Gasteiger partial charge in [0.1, 0.15) is 6.33 Å². The number of aryl methyl sites for hydroxylation is 1. The van der Waals surface area contributed by atoms with Gasteiger partial charge in [0, 0.05) is 18.1 Å². The quantitative estimate of drug-likeness (QED) is 0.382. The maximum absolute atomic E-state index is 4.79. The molecule has 0 fully saturated rings. The fraction of sp³-hybridized carbons (Fsp3) is 0.0435. The lowest BCUT2D eigenvalue weighted by molar-refractivity contribution is 0.950. The molecule has 0 saturated heterocycles. The van der Waals surface area contributed by atoms with E-state index >= 15 is 0 Å². The second-order valence-electron chi connectivity index (χ2n) is 7.26. The highest BCUT2D eigenvalue weighted by atomic mass is 32.1. The highest BCUT2D eigenvalue weighted by Crippen LogP contribution is 2.28. The van der Waals surface area contributed by atoms with E-state index in [1.165, 1.54) is 0 Å². The summed E-state index contributed by atoms with van der Waals surface area (Å²) in [5, 5.41) is 10.8. The standard InChI is InChI=1S/C23H18N8S/c1-30-18-10-6-5-9-17(18)26-23(30)29-22-27-20(25-15-7-3-2-4-8-15)19-21(28-22)31(14-24-19)16-11-12-32-13-16/h2-14H,1H3,(H2,25,26,27,28,29). The molecule has 8 nitrogen and oxygen atoms in total. The Morgan fingerprint density at radius 2 is 1.72 bits per heavy atom. The molecule has 6 aromatic rings. The summed E-state index contributed by atoms with van der Waals surface area (Å²) in [6.45, 7) is 0. The molecule has 0 amide bonds. The number of nitrogens with zero attached hydrogens (tertiary/aromatic N) is 6. The number of nitrogens with one attached hydrogen (secondary N) is 2. The molecule has 0 radical (unpaired) electrons. The third-order valence-corrected chi connectivity index (χ3v) is 5.90. The van der Waals surface area contributed by atoms with Gasteiger partial charge in [0.15, 0.2) is 17.0 Å². The molecule has 0 aliphatic carbocycles. The number of aromatic nitrogens is 6. The van der Waals surface area contributed by atoms with E-state index in [1.54, 1.807) is 17.7 Å². The molecule has 32 heavy (non-hydrogen) atoms. The van der Waals surface area contributed by atoms with Crippen LogP contribution in [0.2, 0.25) is 0 Å². The monoisotopic (exact) mass is 438 g/mol. The van der Waals surface area contributed by atoms with Gasteiger partial charge in [-0.3, -0.25) is 9.88 Å². The fourth-order valence-electron chi connectivity index (χ4n) is 3.64. The molecular weight excluding hydrogens is 420 g/mol. The van der Waals surface area contributed by atoms with Gasteiger partial charge in [-0.15, -0.1) is 0 Å². The van der Waals surface area contributed by atoms with Crippen molar-refractivity contribution in [3.05, 3.63) is 77.8 Å². The van der Waals surface area contributed by atoms with E-state index in [0.29, 0.717) is 28.9 Å². The predicted octanol–water partition coefficient (Wildman–Crippen LogP) is 5.25. The number of thiophene rings is 1. The molecule has 0 bridgehead atoms. The zero-order chi connectivity index (χ0) is 21.5. The van der Waals surface area contributed by atoms with Crippen molar-refractivity contribution in [1.82, 2.24) is 29.1 Å². The first kappa shape index (κ1) is 18.5. The van der Waals surface area contributed by atoms with Crippen LogP contribution in [0.3, 0.4) is 0 Å². The molecule has 0 aliphatic rings. The normalized spacial score (nSPS) is 11.3. The Morgan fingerprint density at radius 1 is 0.875 bits per heavy atom. The van der Waals surface area contributed by atoms with Gasteiger partial charge in [0.25, 0.3) is 0 Å². The van der Waals surface area contributed by atoms with Crippen LogP contribution in [0.25, 0.3) is 27.9 Å². The van der Waals surface area contributed by atoms with Crippen LogP contribution in [0.1, 0.15) is 0 Å². The van der Waals surface area contributed by atoms with Crippen LogP contribution in [0, 0.1) is 0 Å². The Labute approximate surface area is 187 Å². The predicted molar refractivity (Wildman–Crippen MR) is 128 cm³/mol. The summed E-state index contributed by atoms with van der Waals surface area (Å²) in [6, 6.07) is 19.9. The summed E-state index contributed by atoms with van der Waals surface area (Å²) in [5.41, 5.74) is 5.27. The summed E-state index contributed by atoms with van der Waals surface area (Å²) in [4.78, 5) is 18.8. The van der Waals surface area contributed by atoms with Crippen molar-refractivity contribution in [2.45, 2.75) is 0 Å². The molecule has 0 unspecified atom stereocenters. The van der Waals surface area contributed by atoms with Crippen LogP contribution in [-0.4, -0.2) is 29.1 Å². The lowest BCUT2D eigenvalue weighted by Crippen LogP contribution is -2.06. The lowest BCUT2D eigenvalue weighted by atomic mass is 10.3. The smallest absolute Gasteiger partial charge is 0.233 e. The number of hydrogen-bond donors (Lipinski definition) is 2. The van der Waals surface area contributed by atoms with Gasteiger partial charge < -0.3 is 9.88 Å². The zero-order valence-electron chi connectivity index (χ0n) is 17.1. The first-order chi connectivity index (χ1) is 15.8. The summed E-state index contributed by atoms with van der Waals surface area (Å²) in [5.74, 6) is 1.72. The van der Waals surface area contributed by atoms with Gasteiger partial charge in [-0.2, -0.15) is 21.3 Å². The second kappa shape index (κ2) is 7.47. The zero-order valence-corrected chi connectivity index (χ0v) is 17.9. The highest BCUT2D eigenvalue weighted by molar-refractivity contribution is 7.08. The number of rotatable bonds is 5. The Morgan fingerprint density at radius 3 is 2.53 bits per heavy atom. The topological polar surface area (TPSA) is 85.5 Å². The van der Waals surface area contributed by atoms with Crippen molar-refractivity contribution in [2.75, 3.05) is 10.6 Å². The van der Waals surface area contributed by atoms with E-state index in [-0.39, 0.29) is 0 Å². The average molecular weight is 439 g/mol. The Bertz CT molecular complexity index is 1530. The van der Waals surface area contributed by atoms with Crippen molar-refractivity contribution >= 4 is 56.9 Å². The van der Waals surface area contributed by atoms with Gasteiger partial charge in [0.2, 0.25) is 11.9 Å². The first-order valence-corrected chi connectivity index (χ1v) is 11.0. The molecule has 2 aromatic carbocycles. The van der Waals surface area contributed by atoms with Crippen LogP contribution >= 0.6 is 11.3 Å². The van der Waals surface area contributed by atoms with E-state index in [1.807, 2.05) is 82.2 Å². The summed E-state index contributed by atoms with van der Waals surface area (Å²) < 4.78 is 3.95. The maximum Gasteiger partial charge on any atom is 0.233 e. The molecule has 0 atom stereocenters. The number of anilines is 4. The van der Waals surface area contributed by atoms with E-state index in [4.69, 9.17) is 15.0 Å². The van der Waals surface area contributed by atoms with E-state index in [0.717, 1.165) is 22.4 Å². The minimum Gasteiger partial charge on any atom is -0.338 e. The maximum atomic E-state index is 4.79. The molecular formula is C23H18N8S. The van der Waals surface area contributed by atoms with Gasteiger partial charge in [-0.25, -0.2) is 9.97 Å². The minimum atomic E-state index is 0.436. The summed E-state index contributed by atoms with van der Waals surface area (Å²) >= 11 is 1.63. The Balaban J connectivity index is 1.49. The Hall–Kier alpha value is -4.24. The SMILES string of the molecule is Cn1c(Nc2nc(Nc3ccccc3)c3ncn(-c4ccsc4)c3n2)nc2ccccc21. The van der Waals surface area contributed by atoms with Gasteiger partial charge in [0.05, 0.1) is 16.7 Å². The number of hydrogen-bond acceptors (Lipinski definition) is 7. The molecule has 156 valence electrons. The van der Waals surface area contributed by atoms with Crippen LogP contribution < -0.4 is 10.6 Å².